The summed E-state index contributed by atoms with van der Waals surface area (Å²) in [6.07, 6.45) is -1.63. The number of anilines is 2. The first-order valence-corrected chi connectivity index (χ1v) is 7.37. The summed E-state index contributed by atoms with van der Waals surface area (Å²) >= 11 is 0. The maximum Gasteiger partial charge on any atom is 0.419 e. The summed E-state index contributed by atoms with van der Waals surface area (Å²) in [5, 5.41) is 0. The van der Waals surface area contributed by atoms with E-state index in [2.05, 4.69) is 15.0 Å². The zero-order chi connectivity index (χ0) is 17.2. The van der Waals surface area contributed by atoms with Crippen molar-refractivity contribution in [3.05, 3.63) is 36.3 Å². The van der Waals surface area contributed by atoms with Crippen LogP contribution in [0, 0.1) is 0 Å². The Labute approximate surface area is 136 Å². The zero-order valence-corrected chi connectivity index (χ0v) is 13.0. The molecule has 1 aliphatic rings. The van der Waals surface area contributed by atoms with Crippen molar-refractivity contribution in [3.8, 4) is 5.88 Å². The van der Waals surface area contributed by atoms with Crippen LogP contribution >= 0.6 is 0 Å². The third-order valence-electron chi connectivity index (χ3n) is 3.83. The Kier molecular flexibility index (Phi) is 4.41. The minimum absolute atomic E-state index is 0.0232. The monoisotopic (exact) mass is 339 g/mol. The molecule has 3 rings (SSSR count). The Bertz CT molecular complexity index is 702. The molecule has 0 amide bonds. The number of halogens is 3. The summed E-state index contributed by atoms with van der Waals surface area (Å²) in [5.74, 6) is 1.12. The third-order valence-corrected chi connectivity index (χ3v) is 3.83. The maximum atomic E-state index is 13.1. The summed E-state index contributed by atoms with van der Waals surface area (Å²) in [7, 11) is 1.52. The van der Waals surface area contributed by atoms with Crippen LogP contribution in [0.15, 0.2) is 30.7 Å². The van der Waals surface area contributed by atoms with Gasteiger partial charge in [-0.3, -0.25) is 0 Å². The average molecular weight is 339 g/mol. The van der Waals surface area contributed by atoms with Crippen LogP contribution in [0.3, 0.4) is 0 Å². The molecule has 1 aliphatic heterocycles. The summed E-state index contributed by atoms with van der Waals surface area (Å²) in [5.41, 5.74) is -0.706. The highest BCUT2D eigenvalue weighted by molar-refractivity contribution is 5.51. The van der Waals surface area contributed by atoms with E-state index in [9.17, 15) is 13.2 Å². The van der Waals surface area contributed by atoms with Crippen molar-refractivity contribution in [2.75, 3.05) is 43.1 Å². The molecular formula is C15H16F3N5O. The fraction of sp³-hybridized carbons (Fsp3) is 0.400. The summed E-state index contributed by atoms with van der Waals surface area (Å²) in [4.78, 5) is 15.7. The van der Waals surface area contributed by atoms with Crippen LogP contribution in [0.1, 0.15) is 5.56 Å². The Balaban J connectivity index is 1.74. The number of rotatable bonds is 3. The Hall–Kier alpha value is -2.58. The van der Waals surface area contributed by atoms with Gasteiger partial charge in [0.15, 0.2) is 0 Å². The molecule has 3 heterocycles. The highest BCUT2D eigenvalue weighted by atomic mass is 19.4. The van der Waals surface area contributed by atoms with Crippen molar-refractivity contribution in [2.45, 2.75) is 6.18 Å². The normalized spacial score (nSPS) is 15.5. The van der Waals surface area contributed by atoms with Gasteiger partial charge in [-0.2, -0.15) is 13.2 Å². The van der Waals surface area contributed by atoms with Gasteiger partial charge in [-0.05, 0) is 12.1 Å². The van der Waals surface area contributed by atoms with Crippen molar-refractivity contribution in [1.82, 2.24) is 15.0 Å². The molecule has 1 saturated heterocycles. The maximum absolute atomic E-state index is 13.1. The molecular weight excluding hydrogens is 323 g/mol. The number of pyridine rings is 1. The van der Waals surface area contributed by atoms with Gasteiger partial charge in [0.2, 0.25) is 5.88 Å². The fourth-order valence-corrected chi connectivity index (χ4v) is 2.63. The number of hydrogen-bond acceptors (Lipinski definition) is 6. The van der Waals surface area contributed by atoms with Crippen molar-refractivity contribution in [2.24, 2.45) is 0 Å². The van der Waals surface area contributed by atoms with E-state index in [1.807, 2.05) is 4.90 Å². The average Bonchev–Trinajstić information content (AvgIpc) is 2.61. The van der Waals surface area contributed by atoms with E-state index in [0.29, 0.717) is 37.9 Å². The van der Waals surface area contributed by atoms with E-state index in [-0.39, 0.29) is 5.82 Å². The number of methoxy groups -OCH3 is 1. The molecule has 0 radical (unpaired) electrons. The molecule has 1 fully saturated rings. The lowest BCUT2D eigenvalue weighted by molar-refractivity contribution is -0.137. The molecule has 0 bridgehead atoms. The Morgan fingerprint density at radius 1 is 1.04 bits per heavy atom. The van der Waals surface area contributed by atoms with E-state index in [1.165, 1.54) is 25.7 Å². The molecule has 2 aromatic rings. The van der Waals surface area contributed by atoms with Gasteiger partial charge in [0.1, 0.15) is 18.0 Å². The van der Waals surface area contributed by atoms with Crippen molar-refractivity contribution < 1.29 is 17.9 Å². The van der Waals surface area contributed by atoms with Gasteiger partial charge in [0.05, 0.1) is 12.7 Å². The Morgan fingerprint density at radius 3 is 2.42 bits per heavy atom. The summed E-state index contributed by atoms with van der Waals surface area (Å²) in [6, 6.07) is 4.07. The van der Waals surface area contributed by atoms with E-state index in [4.69, 9.17) is 4.74 Å². The topological polar surface area (TPSA) is 54.4 Å². The number of hydrogen-bond donors (Lipinski definition) is 0. The van der Waals surface area contributed by atoms with E-state index in [1.54, 1.807) is 11.0 Å². The summed E-state index contributed by atoms with van der Waals surface area (Å²) < 4.78 is 44.4. The van der Waals surface area contributed by atoms with Crippen LogP contribution in [0.5, 0.6) is 5.88 Å². The fourth-order valence-electron chi connectivity index (χ4n) is 2.63. The minimum Gasteiger partial charge on any atom is -0.481 e. The van der Waals surface area contributed by atoms with Gasteiger partial charge in [-0.1, -0.05) is 0 Å². The first kappa shape index (κ1) is 16.3. The predicted molar refractivity (Wildman–Crippen MR) is 82.2 cm³/mol. The SMILES string of the molecule is COc1cc(N2CCN(c3ncccc3C(F)(F)F)CC2)ncn1. The molecule has 9 heteroatoms. The lowest BCUT2D eigenvalue weighted by Crippen LogP contribution is -2.47. The van der Waals surface area contributed by atoms with Gasteiger partial charge in [-0.25, -0.2) is 15.0 Å². The molecule has 0 unspecified atom stereocenters. The summed E-state index contributed by atoms with van der Waals surface area (Å²) in [6.45, 7) is 1.92. The molecule has 0 saturated carbocycles. The second kappa shape index (κ2) is 6.50. The largest absolute Gasteiger partial charge is 0.481 e. The van der Waals surface area contributed by atoms with E-state index < -0.39 is 11.7 Å². The molecule has 24 heavy (non-hydrogen) atoms. The van der Waals surface area contributed by atoms with E-state index >= 15 is 0 Å². The molecule has 2 aromatic heterocycles. The van der Waals surface area contributed by atoms with Crippen molar-refractivity contribution >= 4 is 11.6 Å². The van der Waals surface area contributed by atoms with Crippen LogP contribution < -0.4 is 14.5 Å². The quantitative estimate of drug-likeness (QED) is 0.855. The first-order valence-electron chi connectivity index (χ1n) is 7.37. The van der Waals surface area contributed by atoms with Crippen LogP contribution in [0.25, 0.3) is 0 Å². The number of nitrogens with zero attached hydrogens (tertiary/aromatic N) is 5. The van der Waals surface area contributed by atoms with Crippen LogP contribution in [0.4, 0.5) is 24.8 Å². The van der Waals surface area contributed by atoms with Gasteiger partial charge >= 0.3 is 6.18 Å². The van der Waals surface area contributed by atoms with Crippen LogP contribution in [0.2, 0.25) is 0 Å². The molecule has 0 aromatic carbocycles. The molecule has 0 aliphatic carbocycles. The van der Waals surface area contributed by atoms with Gasteiger partial charge in [-0.15, -0.1) is 0 Å². The molecule has 128 valence electrons. The van der Waals surface area contributed by atoms with E-state index in [0.717, 1.165) is 6.07 Å². The van der Waals surface area contributed by atoms with Crippen molar-refractivity contribution in [3.63, 3.8) is 0 Å². The second-order valence-corrected chi connectivity index (χ2v) is 5.26. The number of aromatic nitrogens is 3. The molecule has 0 atom stereocenters. The van der Waals surface area contributed by atoms with Crippen molar-refractivity contribution in [1.29, 1.82) is 0 Å². The number of piperazine rings is 1. The Morgan fingerprint density at radius 2 is 1.75 bits per heavy atom. The highest BCUT2D eigenvalue weighted by Crippen LogP contribution is 2.35. The van der Waals surface area contributed by atoms with Crippen LogP contribution in [-0.4, -0.2) is 48.2 Å². The zero-order valence-electron chi connectivity index (χ0n) is 13.0. The second-order valence-electron chi connectivity index (χ2n) is 5.26. The first-order chi connectivity index (χ1) is 11.5. The van der Waals surface area contributed by atoms with Gasteiger partial charge in [0.25, 0.3) is 0 Å². The standard InChI is InChI=1S/C15H16F3N5O/c1-24-13-9-12(20-10-21-13)22-5-7-23(8-6-22)14-11(15(16,17)18)3-2-4-19-14/h2-4,9-10H,5-8H2,1H3. The van der Waals surface area contributed by atoms with Gasteiger partial charge < -0.3 is 14.5 Å². The van der Waals surface area contributed by atoms with Gasteiger partial charge in [0, 0.05) is 38.4 Å². The smallest absolute Gasteiger partial charge is 0.419 e. The predicted octanol–water partition coefficient (Wildman–Crippen LogP) is 2.23. The lowest BCUT2D eigenvalue weighted by atomic mass is 10.2. The minimum atomic E-state index is -4.42. The lowest BCUT2D eigenvalue weighted by Gasteiger charge is -2.36. The number of alkyl halides is 3. The third kappa shape index (κ3) is 3.34. The molecule has 6 nitrogen and oxygen atoms in total. The molecule has 0 spiro atoms. The highest BCUT2D eigenvalue weighted by Gasteiger charge is 2.36. The van der Waals surface area contributed by atoms with Crippen LogP contribution in [-0.2, 0) is 6.18 Å². The molecule has 0 N–H and O–H groups in total. The number of ether oxygens (including phenoxy) is 1.